The molecule has 1 fully saturated rings. The molecule has 2 aromatic carbocycles. The first-order valence-corrected chi connectivity index (χ1v) is 10.7. The molecule has 0 radical (unpaired) electrons. The van der Waals surface area contributed by atoms with E-state index in [9.17, 15) is 14.4 Å². The van der Waals surface area contributed by atoms with E-state index in [1.54, 1.807) is 41.2 Å². The van der Waals surface area contributed by atoms with Gasteiger partial charge in [-0.05, 0) is 36.4 Å². The van der Waals surface area contributed by atoms with Gasteiger partial charge in [-0.15, -0.1) is 0 Å². The van der Waals surface area contributed by atoms with Crippen LogP contribution in [0.1, 0.15) is 20.7 Å². The molecule has 1 N–H and O–H groups in total. The Morgan fingerprint density at radius 2 is 1.32 bits per heavy atom. The lowest BCUT2D eigenvalue weighted by Crippen LogP contribution is -2.52. The summed E-state index contributed by atoms with van der Waals surface area (Å²) in [6, 6.07) is 9.96. The van der Waals surface area contributed by atoms with E-state index in [0.29, 0.717) is 54.7 Å². The average molecular weight is 472 g/mol. The number of carbonyl (C=O) groups excluding carboxylic acids is 3. The Morgan fingerprint density at radius 3 is 1.82 bits per heavy atom. The zero-order valence-electron chi connectivity index (χ0n) is 19.8. The maximum atomic E-state index is 12.7. The molecule has 182 valence electrons. The van der Waals surface area contributed by atoms with E-state index in [1.807, 2.05) is 0 Å². The van der Waals surface area contributed by atoms with Crippen LogP contribution in [0, 0.1) is 0 Å². The summed E-state index contributed by atoms with van der Waals surface area (Å²) in [6.07, 6.45) is 0. The molecule has 0 aromatic heterocycles. The van der Waals surface area contributed by atoms with Gasteiger partial charge in [0, 0.05) is 37.3 Å². The van der Waals surface area contributed by atoms with E-state index in [0.717, 1.165) is 0 Å². The number of benzene rings is 2. The summed E-state index contributed by atoms with van der Waals surface area (Å²) in [5.41, 5.74) is 0.843. The van der Waals surface area contributed by atoms with Crippen LogP contribution in [-0.2, 0) is 4.79 Å². The quantitative estimate of drug-likeness (QED) is 0.621. The number of ether oxygens (including phenoxy) is 4. The third-order valence-electron chi connectivity index (χ3n) is 5.58. The molecule has 10 heteroatoms. The van der Waals surface area contributed by atoms with Gasteiger partial charge in [0.1, 0.15) is 5.75 Å². The van der Waals surface area contributed by atoms with Crippen LogP contribution in [-0.4, -0.2) is 88.7 Å². The number of nitrogens with zero attached hydrogens (tertiary/aromatic N) is 2. The number of carbonyl (C=O) groups is 3. The molecule has 0 bridgehead atoms. The van der Waals surface area contributed by atoms with Gasteiger partial charge in [0.05, 0.1) is 35.0 Å². The van der Waals surface area contributed by atoms with Crippen LogP contribution in [0.25, 0.3) is 0 Å². The first-order chi connectivity index (χ1) is 16.4. The monoisotopic (exact) mass is 471 g/mol. The Morgan fingerprint density at radius 1 is 0.765 bits per heavy atom. The molecule has 10 nitrogen and oxygen atoms in total. The maximum Gasteiger partial charge on any atom is 0.253 e. The zero-order valence-corrected chi connectivity index (χ0v) is 19.8. The van der Waals surface area contributed by atoms with Crippen LogP contribution < -0.4 is 24.3 Å². The van der Waals surface area contributed by atoms with Crippen molar-refractivity contribution in [3.05, 3.63) is 47.5 Å². The van der Waals surface area contributed by atoms with Crippen LogP contribution >= 0.6 is 0 Å². The number of methoxy groups -OCH3 is 4. The second-order valence-electron chi connectivity index (χ2n) is 7.50. The molecule has 3 amide bonds. The predicted octanol–water partition coefficient (Wildman–Crippen LogP) is 1.44. The lowest BCUT2D eigenvalue weighted by Gasteiger charge is -2.35. The molecule has 0 spiro atoms. The molecular formula is C24H29N3O7. The fourth-order valence-corrected chi connectivity index (χ4v) is 3.66. The van der Waals surface area contributed by atoms with Gasteiger partial charge in [0.25, 0.3) is 11.8 Å². The fraction of sp³-hybridized carbons (Fsp3) is 0.375. The number of hydrogen-bond donors (Lipinski definition) is 1. The van der Waals surface area contributed by atoms with E-state index < -0.39 is 5.91 Å². The number of rotatable bonds is 8. The normalized spacial score (nSPS) is 13.2. The smallest absolute Gasteiger partial charge is 0.253 e. The third-order valence-corrected chi connectivity index (χ3v) is 5.58. The van der Waals surface area contributed by atoms with Gasteiger partial charge in [-0.1, -0.05) is 0 Å². The fourth-order valence-electron chi connectivity index (χ4n) is 3.66. The summed E-state index contributed by atoms with van der Waals surface area (Å²) in [4.78, 5) is 41.3. The highest BCUT2D eigenvalue weighted by atomic mass is 16.5. The molecule has 0 saturated carbocycles. The molecule has 1 aliphatic rings. The van der Waals surface area contributed by atoms with Crippen LogP contribution in [0.3, 0.4) is 0 Å². The van der Waals surface area contributed by atoms with Crippen molar-refractivity contribution in [1.82, 2.24) is 15.1 Å². The van der Waals surface area contributed by atoms with Crippen molar-refractivity contribution < 1.29 is 33.3 Å². The van der Waals surface area contributed by atoms with Crippen LogP contribution in [0.4, 0.5) is 0 Å². The summed E-state index contributed by atoms with van der Waals surface area (Å²) in [5, 5.41) is 2.63. The van der Waals surface area contributed by atoms with E-state index >= 15 is 0 Å². The van der Waals surface area contributed by atoms with Gasteiger partial charge in [-0.2, -0.15) is 0 Å². The summed E-state index contributed by atoms with van der Waals surface area (Å²) >= 11 is 0. The minimum atomic E-state index is -0.444. The van der Waals surface area contributed by atoms with E-state index in [-0.39, 0.29) is 23.9 Å². The number of piperazine rings is 1. The minimum Gasteiger partial charge on any atom is -0.497 e. The molecule has 0 aliphatic carbocycles. The van der Waals surface area contributed by atoms with Gasteiger partial charge in [-0.3, -0.25) is 14.4 Å². The van der Waals surface area contributed by atoms with Crippen molar-refractivity contribution >= 4 is 17.7 Å². The highest BCUT2D eigenvalue weighted by Crippen LogP contribution is 2.38. The predicted molar refractivity (Wildman–Crippen MR) is 124 cm³/mol. The van der Waals surface area contributed by atoms with Gasteiger partial charge in [0.15, 0.2) is 11.5 Å². The molecule has 2 aromatic rings. The first kappa shape index (κ1) is 24.7. The first-order valence-electron chi connectivity index (χ1n) is 10.7. The molecule has 34 heavy (non-hydrogen) atoms. The number of amides is 3. The van der Waals surface area contributed by atoms with Crippen molar-refractivity contribution in [2.75, 3.05) is 61.2 Å². The SMILES string of the molecule is COc1ccc(C(=O)N2CCN(C(=O)CNC(=O)c3cc(OC)c(OC)c(OC)c3)CC2)cc1. The maximum absolute atomic E-state index is 12.7. The van der Waals surface area contributed by atoms with Crippen molar-refractivity contribution in [2.45, 2.75) is 0 Å². The minimum absolute atomic E-state index is 0.0922. The summed E-state index contributed by atoms with van der Waals surface area (Å²) in [6.45, 7) is 1.44. The second kappa shape index (κ2) is 11.3. The lowest BCUT2D eigenvalue weighted by molar-refractivity contribution is -0.131. The van der Waals surface area contributed by atoms with Crippen molar-refractivity contribution in [1.29, 1.82) is 0 Å². The van der Waals surface area contributed by atoms with Crippen LogP contribution in [0.2, 0.25) is 0 Å². The molecule has 1 heterocycles. The highest BCUT2D eigenvalue weighted by Gasteiger charge is 2.25. The molecule has 0 atom stereocenters. The molecular weight excluding hydrogens is 442 g/mol. The highest BCUT2D eigenvalue weighted by molar-refractivity contribution is 5.98. The van der Waals surface area contributed by atoms with Crippen LogP contribution in [0.15, 0.2) is 36.4 Å². The van der Waals surface area contributed by atoms with Crippen molar-refractivity contribution in [3.63, 3.8) is 0 Å². The second-order valence-corrected chi connectivity index (χ2v) is 7.50. The molecule has 1 saturated heterocycles. The van der Waals surface area contributed by atoms with Crippen LogP contribution in [0.5, 0.6) is 23.0 Å². The van der Waals surface area contributed by atoms with Crippen molar-refractivity contribution in [2.24, 2.45) is 0 Å². The van der Waals surface area contributed by atoms with Gasteiger partial charge in [-0.25, -0.2) is 0 Å². The average Bonchev–Trinajstić information content (AvgIpc) is 2.90. The zero-order chi connectivity index (χ0) is 24.7. The Hall–Kier alpha value is -3.95. The van der Waals surface area contributed by atoms with E-state index in [4.69, 9.17) is 18.9 Å². The third kappa shape index (κ3) is 5.51. The lowest BCUT2D eigenvalue weighted by atomic mass is 10.1. The summed E-state index contributed by atoms with van der Waals surface area (Å²) in [7, 11) is 5.96. The molecule has 1 aliphatic heterocycles. The molecule has 0 unspecified atom stereocenters. The Labute approximate surface area is 198 Å². The van der Waals surface area contributed by atoms with Gasteiger partial charge >= 0.3 is 0 Å². The van der Waals surface area contributed by atoms with E-state index in [2.05, 4.69) is 5.32 Å². The molecule has 3 rings (SSSR count). The Balaban J connectivity index is 1.53. The number of hydrogen-bond acceptors (Lipinski definition) is 7. The standard InChI is InChI=1S/C24H29N3O7/c1-31-18-7-5-16(6-8-18)24(30)27-11-9-26(10-12-27)21(28)15-25-23(29)17-13-19(32-2)22(34-4)20(14-17)33-3/h5-8,13-14H,9-12,15H2,1-4H3,(H,25,29). The summed E-state index contributed by atoms with van der Waals surface area (Å²) in [5.74, 6) is 0.982. The Bertz CT molecular complexity index is 1010. The van der Waals surface area contributed by atoms with Crippen molar-refractivity contribution in [3.8, 4) is 23.0 Å². The van der Waals surface area contributed by atoms with Gasteiger partial charge < -0.3 is 34.1 Å². The summed E-state index contributed by atoms with van der Waals surface area (Å²) < 4.78 is 20.9. The Kier molecular flexibility index (Phi) is 8.18. The number of nitrogens with one attached hydrogen (secondary N) is 1. The topological polar surface area (TPSA) is 107 Å². The largest absolute Gasteiger partial charge is 0.497 e. The van der Waals surface area contributed by atoms with Gasteiger partial charge in [0.2, 0.25) is 11.7 Å². The van der Waals surface area contributed by atoms with E-state index in [1.165, 1.54) is 33.5 Å².